The predicted molar refractivity (Wildman–Crippen MR) is 121 cm³/mol. The molecule has 0 aliphatic heterocycles. The van der Waals surface area contributed by atoms with E-state index in [1.54, 1.807) is 30.3 Å². The van der Waals surface area contributed by atoms with E-state index in [1.807, 2.05) is 0 Å². The van der Waals surface area contributed by atoms with Gasteiger partial charge < -0.3 is 9.52 Å². The van der Waals surface area contributed by atoms with Crippen LogP contribution in [0.2, 0.25) is 10.0 Å². The number of hydrogen-bond acceptors (Lipinski definition) is 5. The first-order valence-corrected chi connectivity index (χ1v) is 11.1. The number of nitrogens with zero attached hydrogens (tertiary/aromatic N) is 1. The Bertz CT molecular complexity index is 1340. The maximum absolute atomic E-state index is 12.6. The topological polar surface area (TPSA) is 74.8 Å². The standard InChI is InChI=1S/C22H16Cl2N2O3S/c23-11-5-6-13-18(9-11)30-21(20(13)24)22(28)26-25-10-14-15(27)7-8-17-19(14)12-3-1-2-4-16(12)29-17/h5-10,27H,1-4H2,(H,26,28). The monoisotopic (exact) mass is 458 g/mol. The first kappa shape index (κ1) is 19.4. The number of phenols is 1. The molecule has 1 aliphatic rings. The molecule has 0 radical (unpaired) electrons. The van der Waals surface area contributed by atoms with E-state index < -0.39 is 5.91 Å². The molecule has 1 amide bonds. The minimum atomic E-state index is -0.422. The summed E-state index contributed by atoms with van der Waals surface area (Å²) in [4.78, 5) is 13.0. The summed E-state index contributed by atoms with van der Waals surface area (Å²) < 4.78 is 6.78. The molecule has 0 unspecified atom stereocenters. The minimum absolute atomic E-state index is 0.0872. The highest BCUT2D eigenvalue weighted by Crippen LogP contribution is 2.38. The Hall–Kier alpha value is -2.54. The Morgan fingerprint density at radius 1 is 1.20 bits per heavy atom. The van der Waals surface area contributed by atoms with Crippen LogP contribution in [0.3, 0.4) is 0 Å². The van der Waals surface area contributed by atoms with Crippen molar-refractivity contribution in [3.63, 3.8) is 0 Å². The number of carbonyl (C=O) groups excluding carboxylic acids is 1. The maximum Gasteiger partial charge on any atom is 0.283 e. The van der Waals surface area contributed by atoms with Gasteiger partial charge in [0.15, 0.2) is 0 Å². The Balaban J connectivity index is 1.46. The van der Waals surface area contributed by atoms with Gasteiger partial charge in [0.2, 0.25) is 0 Å². The van der Waals surface area contributed by atoms with Crippen LogP contribution in [0.25, 0.3) is 21.1 Å². The molecule has 5 rings (SSSR count). The minimum Gasteiger partial charge on any atom is -0.507 e. The Kier molecular flexibility index (Phi) is 4.93. The van der Waals surface area contributed by atoms with E-state index in [0.717, 1.165) is 58.1 Å². The number of benzene rings is 2. The molecule has 0 fully saturated rings. The van der Waals surface area contributed by atoms with E-state index in [0.29, 0.717) is 20.5 Å². The zero-order chi connectivity index (χ0) is 20.8. The first-order valence-electron chi connectivity index (χ1n) is 9.50. The molecular formula is C22H16Cl2N2O3S. The second-order valence-electron chi connectivity index (χ2n) is 7.17. The molecule has 152 valence electrons. The van der Waals surface area contributed by atoms with Crippen LogP contribution < -0.4 is 5.43 Å². The number of halogens is 2. The van der Waals surface area contributed by atoms with E-state index in [2.05, 4.69) is 10.5 Å². The van der Waals surface area contributed by atoms with Gasteiger partial charge in [-0.15, -0.1) is 11.3 Å². The number of nitrogens with one attached hydrogen (secondary N) is 1. The highest BCUT2D eigenvalue weighted by atomic mass is 35.5. The van der Waals surface area contributed by atoms with Crippen LogP contribution in [0.5, 0.6) is 5.75 Å². The Morgan fingerprint density at radius 2 is 2.03 bits per heavy atom. The molecule has 8 heteroatoms. The summed E-state index contributed by atoms with van der Waals surface area (Å²) in [5.74, 6) is 0.634. The Labute approximate surface area is 185 Å². The lowest BCUT2D eigenvalue weighted by molar-refractivity contribution is 0.0959. The normalized spacial score (nSPS) is 13.9. The van der Waals surface area contributed by atoms with E-state index >= 15 is 0 Å². The van der Waals surface area contributed by atoms with Crippen LogP contribution in [-0.2, 0) is 12.8 Å². The Morgan fingerprint density at radius 3 is 2.90 bits per heavy atom. The summed E-state index contributed by atoms with van der Waals surface area (Å²) in [6.45, 7) is 0. The highest BCUT2D eigenvalue weighted by molar-refractivity contribution is 7.21. The third kappa shape index (κ3) is 3.25. The van der Waals surface area contributed by atoms with E-state index in [1.165, 1.54) is 17.6 Å². The average molecular weight is 459 g/mol. The number of aromatic hydroxyl groups is 1. The molecule has 2 aromatic carbocycles. The van der Waals surface area contributed by atoms with Crippen molar-refractivity contribution in [1.29, 1.82) is 0 Å². The fourth-order valence-corrected chi connectivity index (χ4v) is 5.58. The summed E-state index contributed by atoms with van der Waals surface area (Å²) in [5.41, 5.74) is 4.88. The molecule has 0 saturated carbocycles. The summed E-state index contributed by atoms with van der Waals surface area (Å²) in [5, 5.41) is 17.1. The third-order valence-electron chi connectivity index (χ3n) is 5.29. The van der Waals surface area contributed by atoms with Crippen molar-refractivity contribution in [3.8, 4) is 5.75 Å². The van der Waals surface area contributed by atoms with Crippen LogP contribution in [0.15, 0.2) is 39.9 Å². The molecular weight excluding hydrogens is 443 g/mol. The second-order valence-corrected chi connectivity index (χ2v) is 9.03. The van der Waals surface area contributed by atoms with E-state index in [4.69, 9.17) is 27.6 Å². The number of phenolic OH excluding ortho intramolecular Hbond substituents is 1. The molecule has 0 bridgehead atoms. The molecule has 2 heterocycles. The van der Waals surface area contributed by atoms with Crippen molar-refractivity contribution in [2.75, 3.05) is 0 Å². The third-order valence-corrected chi connectivity index (χ3v) is 7.18. The van der Waals surface area contributed by atoms with Crippen LogP contribution in [0, 0.1) is 0 Å². The molecule has 4 aromatic rings. The van der Waals surface area contributed by atoms with E-state index in [9.17, 15) is 9.90 Å². The van der Waals surface area contributed by atoms with Crippen LogP contribution in [0.4, 0.5) is 0 Å². The summed E-state index contributed by atoms with van der Waals surface area (Å²) in [6.07, 6.45) is 5.43. The lowest BCUT2D eigenvalue weighted by Gasteiger charge is -2.09. The van der Waals surface area contributed by atoms with Crippen molar-refractivity contribution in [3.05, 3.63) is 62.1 Å². The maximum atomic E-state index is 12.6. The van der Waals surface area contributed by atoms with Crippen molar-refractivity contribution < 1.29 is 14.3 Å². The van der Waals surface area contributed by atoms with Gasteiger partial charge in [-0.1, -0.05) is 29.3 Å². The van der Waals surface area contributed by atoms with Gasteiger partial charge in [-0.05, 0) is 43.5 Å². The number of amides is 1. The van der Waals surface area contributed by atoms with Gasteiger partial charge in [0.1, 0.15) is 22.0 Å². The van der Waals surface area contributed by atoms with Crippen LogP contribution in [-0.4, -0.2) is 17.2 Å². The highest BCUT2D eigenvalue weighted by Gasteiger charge is 2.21. The fourth-order valence-electron chi connectivity index (χ4n) is 3.89. The summed E-state index contributed by atoms with van der Waals surface area (Å²) in [7, 11) is 0. The number of hydrogen-bond donors (Lipinski definition) is 2. The van der Waals surface area contributed by atoms with Crippen molar-refractivity contribution in [2.24, 2.45) is 5.10 Å². The lowest BCUT2D eigenvalue weighted by Crippen LogP contribution is -2.16. The van der Waals surface area contributed by atoms with Gasteiger partial charge in [0.25, 0.3) is 5.91 Å². The van der Waals surface area contributed by atoms with Crippen LogP contribution >= 0.6 is 34.5 Å². The van der Waals surface area contributed by atoms with Crippen molar-refractivity contribution >= 4 is 67.7 Å². The van der Waals surface area contributed by atoms with Crippen molar-refractivity contribution in [1.82, 2.24) is 5.43 Å². The van der Waals surface area contributed by atoms with Gasteiger partial charge in [-0.2, -0.15) is 5.10 Å². The van der Waals surface area contributed by atoms with Gasteiger partial charge >= 0.3 is 0 Å². The smallest absolute Gasteiger partial charge is 0.283 e. The quantitative estimate of drug-likeness (QED) is 0.279. The molecule has 0 spiro atoms. The number of carbonyl (C=O) groups is 1. The first-order chi connectivity index (χ1) is 14.5. The van der Waals surface area contributed by atoms with E-state index in [-0.39, 0.29) is 5.75 Å². The van der Waals surface area contributed by atoms with Gasteiger partial charge in [-0.3, -0.25) is 4.79 Å². The van der Waals surface area contributed by atoms with Crippen LogP contribution in [0.1, 0.15) is 39.4 Å². The van der Waals surface area contributed by atoms with Gasteiger partial charge in [-0.25, -0.2) is 5.43 Å². The number of aryl methyl sites for hydroxylation is 2. The second kappa shape index (κ2) is 7.61. The zero-order valence-electron chi connectivity index (χ0n) is 15.7. The number of thiophene rings is 1. The van der Waals surface area contributed by atoms with Gasteiger partial charge in [0.05, 0.1) is 11.2 Å². The lowest BCUT2D eigenvalue weighted by atomic mass is 9.94. The molecule has 0 saturated heterocycles. The zero-order valence-corrected chi connectivity index (χ0v) is 18.0. The average Bonchev–Trinajstić information content (AvgIpc) is 3.27. The molecule has 2 N–H and O–H groups in total. The summed E-state index contributed by atoms with van der Waals surface area (Å²) in [6, 6.07) is 8.64. The number of fused-ring (bicyclic) bond motifs is 4. The predicted octanol–water partition coefficient (Wildman–Crippen LogP) is 6.30. The fraction of sp³-hybridized carbons (Fsp3) is 0.182. The largest absolute Gasteiger partial charge is 0.507 e. The SMILES string of the molecule is O=C(NN=Cc1c(O)ccc2oc3c(c12)CCCC3)c1sc2cc(Cl)ccc2c1Cl. The molecule has 30 heavy (non-hydrogen) atoms. The van der Waals surface area contributed by atoms with Gasteiger partial charge in [0, 0.05) is 38.0 Å². The van der Waals surface area contributed by atoms with Crippen molar-refractivity contribution in [2.45, 2.75) is 25.7 Å². The molecule has 5 nitrogen and oxygen atoms in total. The molecule has 0 atom stereocenters. The number of furan rings is 1. The molecule has 2 aromatic heterocycles. The number of rotatable bonds is 3. The number of hydrazone groups is 1. The molecule has 1 aliphatic carbocycles. The summed E-state index contributed by atoms with van der Waals surface area (Å²) >= 11 is 13.6.